The number of hydrogen-bond donors (Lipinski definition) is 1. The van der Waals surface area contributed by atoms with Crippen LogP contribution in [0, 0.1) is 17.0 Å². The molecule has 9 nitrogen and oxygen atoms in total. The molecule has 1 amide bonds. The van der Waals surface area contributed by atoms with Crippen molar-refractivity contribution in [2.24, 2.45) is 0 Å². The zero-order valence-corrected chi connectivity index (χ0v) is 20.0. The second-order valence-corrected chi connectivity index (χ2v) is 9.60. The molecule has 3 rings (SSSR count). The minimum absolute atomic E-state index is 0.162. The van der Waals surface area contributed by atoms with Crippen LogP contribution in [0.25, 0.3) is 10.9 Å². The lowest BCUT2D eigenvalue weighted by Crippen LogP contribution is -2.57. The van der Waals surface area contributed by atoms with E-state index in [-0.39, 0.29) is 31.9 Å². The number of aliphatic hydroxyl groups is 1. The smallest absolute Gasteiger partial charge is 0.410 e. The number of pyridine rings is 1. The molecule has 1 N–H and O–H groups in total. The van der Waals surface area contributed by atoms with E-state index in [1.807, 2.05) is 6.92 Å². The van der Waals surface area contributed by atoms with Crippen LogP contribution in [0.3, 0.4) is 0 Å². The average molecular weight is 516 g/mol. The lowest BCUT2D eigenvalue weighted by Gasteiger charge is -2.42. The van der Waals surface area contributed by atoms with Gasteiger partial charge in [-0.2, -0.15) is 0 Å². The van der Waals surface area contributed by atoms with Crippen LogP contribution in [-0.2, 0) is 4.74 Å². The molecule has 11 heteroatoms. The van der Waals surface area contributed by atoms with Gasteiger partial charge in [0.2, 0.25) is 0 Å². The van der Waals surface area contributed by atoms with Gasteiger partial charge in [0.15, 0.2) is 0 Å². The van der Waals surface area contributed by atoms with E-state index in [0.29, 0.717) is 26.1 Å². The van der Waals surface area contributed by atoms with Gasteiger partial charge in [0, 0.05) is 29.5 Å². The van der Waals surface area contributed by atoms with Crippen LogP contribution >= 0.6 is 27.5 Å². The molecule has 0 bridgehead atoms. The predicted molar refractivity (Wildman–Crippen MR) is 122 cm³/mol. The molecule has 0 unspecified atom stereocenters. The maximum absolute atomic E-state index is 12.5. The Morgan fingerprint density at radius 1 is 1.45 bits per heavy atom. The van der Waals surface area contributed by atoms with Gasteiger partial charge in [-0.25, -0.2) is 9.78 Å². The Morgan fingerprint density at radius 2 is 2.13 bits per heavy atom. The van der Waals surface area contributed by atoms with Gasteiger partial charge in [0.25, 0.3) is 0 Å². The standard InChI is InChI=1S/C20H24BrClN4O5/c1-11-16(21)14(22)7-13-17(11)23-8-15(26(29)30)18(13)25-6-5-24(9-12(25)10-27)19(28)31-20(2,3)4/h7-8,12,27H,5-6,9-10H2,1-4H3/t12-/m1/s1. The summed E-state index contributed by atoms with van der Waals surface area (Å²) in [6.07, 6.45) is 0.738. The molecule has 0 spiro atoms. The lowest BCUT2D eigenvalue weighted by atomic mass is 10.0. The fourth-order valence-electron chi connectivity index (χ4n) is 3.65. The molecule has 1 fully saturated rings. The van der Waals surface area contributed by atoms with Gasteiger partial charge in [-0.05, 0) is 55.3 Å². The Balaban J connectivity index is 2.07. The van der Waals surface area contributed by atoms with E-state index in [1.54, 1.807) is 31.7 Å². The summed E-state index contributed by atoms with van der Waals surface area (Å²) in [5.41, 5.74) is 0.824. The van der Waals surface area contributed by atoms with Crippen molar-refractivity contribution >= 4 is 55.9 Å². The number of fused-ring (bicyclic) bond motifs is 1. The van der Waals surface area contributed by atoms with E-state index in [9.17, 15) is 20.0 Å². The number of carbonyl (C=O) groups is 1. The molecule has 0 aliphatic carbocycles. The molecule has 1 aliphatic heterocycles. The first-order valence-electron chi connectivity index (χ1n) is 9.71. The normalized spacial score (nSPS) is 17.2. The number of carbonyl (C=O) groups excluding carboxylic acids is 1. The number of aliphatic hydroxyl groups excluding tert-OH is 1. The van der Waals surface area contributed by atoms with Crippen molar-refractivity contribution in [3.8, 4) is 0 Å². The summed E-state index contributed by atoms with van der Waals surface area (Å²) < 4.78 is 6.10. The molecule has 1 atom stereocenters. The minimum atomic E-state index is -0.648. The van der Waals surface area contributed by atoms with E-state index in [0.717, 1.165) is 5.56 Å². The van der Waals surface area contributed by atoms with Crippen molar-refractivity contribution in [2.75, 3.05) is 31.1 Å². The van der Waals surface area contributed by atoms with Crippen LogP contribution in [-0.4, -0.2) is 63.9 Å². The van der Waals surface area contributed by atoms with Gasteiger partial charge in [0.1, 0.15) is 17.5 Å². The molecule has 1 aromatic heterocycles. The average Bonchev–Trinajstić information content (AvgIpc) is 2.69. The monoisotopic (exact) mass is 514 g/mol. The summed E-state index contributed by atoms with van der Waals surface area (Å²) in [5.74, 6) is 0. The SMILES string of the molecule is Cc1c(Br)c(Cl)cc2c(N3CCN(C(=O)OC(C)(C)C)C[C@@H]3CO)c([N+](=O)[O-])cnc12. The number of piperazine rings is 1. The quantitative estimate of drug-likeness (QED) is 0.480. The van der Waals surface area contributed by atoms with E-state index in [1.165, 1.54) is 11.1 Å². The zero-order chi connectivity index (χ0) is 23.1. The van der Waals surface area contributed by atoms with Crippen LogP contribution < -0.4 is 4.90 Å². The van der Waals surface area contributed by atoms with Crippen LogP contribution in [0.2, 0.25) is 5.02 Å². The van der Waals surface area contributed by atoms with Crippen molar-refractivity contribution in [1.82, 2.24) is 9.88 Å². The summed E-state index contributed by atoms with van der Waals surface area (Å²) in [7, 11) is 0. The van der Waals surface area contributed by atoms with Crippen molar-refractivity contribution in [2.45, 2.75) is 39.3 Å². The van der Waals surface area contributed by atoms with Crippen molar-refractivity contribution in [3.05, 3.63) is 37.4 Å². The first kappa shape index (κ1) is 23.5. The number of aromatic nitrogens is 1. The summed E-state index contributed by atoms with van der Waals surface area (Å²) in [6, 6.07) is 1.08. The number of rotatable bonds is 3. The highest BCUT2D eigenvalue weighted by Gasteiger charge is 2.36. The van der Waals surface area contributed by atoms with Crippen molar-refractivity contribution in [1.29, 1.82) is 0 Å². The fraction of sp³-hybridized carbons (Fsp3) is 0.500. The zero-order valence-electron chi connectivity index (χ0n) is 17.7. The van der Waals surface area contributed by atoms with Gasteiger partial charge < -0.3 is 19.6 Å². The number of halogens is 2. The lowest BCUT2D eigenvalue weighted by molar-refractivity contribution is -0.384. The predicted octanol–water partition coefficient (Wildman–Crippen LogP) is 4.29. The van der Waals surface area contributed by atoms with E-state index >= 15 is 0 Å². The molecule has 1 aliphatic rings. The fourth-order valence-corrected chi connectivity index (χ4v) is 4.20. The first-order chi connectivity index (χ1) is 14.4. The molecule has 1 aromatic carbocycles. The van der Waals surface area contributed by atoms with Crippen LogP contribution in [0.15, 0.2) is 16.7 Å². The molecular weight excluding hydrogens is 492 g/mol. The van der Waals surface area contributed by atoms with Gasteiger partial charge in [-0.1, -0.05) is 11.6 Å². The van der Waals surface area contributed by atoms with Crippen molar-refractivity contribution < 1.29 is 19.6 Å². The molecule has 0 radical (unpaired) electrons. The number of benzene rings is 1. The number of hydrogen-bond acceptors (Lipinski definition) is 7. The Morgan fingerprint density at radius 3 is 2.71 bits per heavy atom. The van der Waals surface area contributed by atoms with E-state index < -0.39 is 22.7 Å². The third-order valence-electron chi connectivity index (χ3n) is 5.06. The molecule has 2 aromatic rings. The summed E-state index contributed by atoms with van der Waals surface area (Å²) in [5, 5.41) is 22.8. The van der Waals surface area contributed by atoms with Crippen LogP contribution in [0.4, 0.5) is 16.2 Å². The number of anilines is 1. The number of ether oxygens (including phenoxy) is 1. The highest BCUT2D eigenvalue weighted by molar-refractivity contribution is 9.10. The Hall–Kier alpha value is -2.17. The van der Waals surface area contributed by atoms with Gasteiger partial charge in [-0.3, -0.25) is 10.1 Å². The largest absolute Gasteiger partial charge is 0.444 e. The number of nitrogens with zero attached hydrogens (tertiary/aromatic N) is 4. The summed E-state index contributed by atoms with van der Waals surface area (Å²) >= 11 is 9.77. The third-order valence-corrected chi connectivity index (χ3v) is 6.61. The summed E-state index contributed by atoms with van der Waals surface area (Å²) in [6.45, 7) is 7.58. The number of amides is 1. The number of aryl methyl sites for hydroxylation is 1. The Kier molecular flexibility index (Phi) is 6.64. The molecule has 168 valence electrons. The van der Waals surface area contributed by atoms with Gasteiger partial charge >= 0.3 is 11.8 Å². The minimum Gasteiger partial charge on any atom is -0.444 e. The van der Waals surface area contributed by atoms with Gasteiger partial charge in [-0.15, -0.1) is 0 Å². The molecule has 2 heterocycles. The molecular formula is C20H24BrClN4O5. The van der Waals surface area contributed by atoms with Gasteiger partial charge in [0.05, 0.1) is 28.1 Å². The number of nitro groups is 1. The second kappa shape index (κ2) is 8.76. The van der Waals surface area contributed by atoms with Crippen LogP contribution in [0.5, 0.6) is 0 Å². The highest BCUT2D eigenvalue weighted by Crippen LogP contribution is 2.41. The third kappa shape index (κ3) is 4.70. The maximum atomic E-state index is 12.5. The maximum Gasteiger partial charge on any atom is 0.410 e. The highest BCUT2D eigenvalue weighted by atomic mass is 79.9. The summed E-state index contributed by atoms with van der Waals surface area (Å²) in [4.78, 5) is 31.4. The Bertz CT molecular complexity index is 1040. The van der Waals surface area contributed by atoms with Crippen molar-refractivity contribution in [3.63, 3.8) is 0 Å². The Labute approximate surface area is 193 Å². The van der Waals surface area contributed by atoms with E-state index in [4.69, 9.17) is 16.3 Å². The molecule has 1 saturated heterocycles. The first-order valence-corrected chi connectivity index (χ1v) is 10.9. The van der Waals surface area contributed by atoms with E-state index in [2.05, 4.69) is 20.9 Å². The topological polar surface area (TPSA) is 109 Å². The molecule has 0 saturated carbocycles. The molecule has 31 heavy (non-hydrogen) atoms. The second-order valence-electron chi connectivity index (χ2n) is 8.40. The van der Waals surface area contributed by atoms with Crippen LogP contribution in [0.1, 0.15) is 26.3 Å².